The Balaban J connectivity index is 2.89. The van der Waals surface area contributed by atoms with Crippen LogP contribution in [0.2, 0.25) is 0 Å². The highest BCUT2D eigenvalue weighted by Crippen LogP contribution is 2.23. The van der Waals surface area contributed by atoms with Gasteiger partial charge in [-0.15, -0.1) is 5.10 Å². The van der Waals surface area contributed by atoms with Crippen molar-refractivity contribution in [3.8, 4) is 5.88 Å². The molecule has 0 fully saturated rings. The van der Waals surface area contributed by atoms with Crippen molar-refractivity contribution < 1.29 is 4.74 Å². The molecule has 0 radical (unpaired) electrons. The molecule has 0 saturated heterocycles. The van der Waals surface area contributed by atoms with Gasteiger partial charge in [-0.1, -0.05) is 34.1 Å². The van der Waals surface area contributed by atoms with Gasteiger partial charge >= 0.3 is 0 Å². The van der Waals surface area contributed by atoms with Crippen molar-refractivity contribution in [3.05, 3.63) is 16.8 Å². The maximum Gasteiger partial charge on any atom is 0.238 e. The van der Waals surface area contributed by atoms with E-state index in [1.54, 1.807) is 0 Å². The first-order chi connectivity index (χ1) is 9.17. The molecule has 0 aliphatic rings. The molecule has 1 heterocycles. The van der Waals surface area contributed by atoms with E-state index in [1.807, 2.05) is 0 Å². The van der Waals surface area contributed by atoms with Gasteiger partial charge in [0, 0.05) is 12.1 Å². The Hall–Kier alpha value is -1.16. The maximum absolute atomic E-state index is 5.87. The van der Waals surface area contributed by atoms with Crippen LogP contribution in [0.15, 0.2) is 0 Å². The normalized spacial score (nSPS) is 12.5. The fourth-order valence-electron chi connectivity index (χ4n) is 2.36. The number of nitrogens with two attached hydrogens (primary N) is 1. The van der Waals surface area contributed by atoms with Gasteiger partial charge in [-0.05, 0) is 30.7 Å². The van der Waals surface area contributed by atoms with E-state index in [4.69, 9.17) is 10.5 Å². The van der Waals surface area contributed by atoms with Crippen molar-refractivity contribution in [2.45, 2.75) is 59.9 Å². The van der Waals surface area contributed by atoms with Gasteiger partial charge in [0.05, 0.1) is 12.3 Å². The Labute approximate surface area is 116 Å². The molecule has 4 heteroatoms. The van der Waals surface area contributed by atoms with Crippen LogP contribution in [0.1, 0.15) is 57.4 Å². The molecule has 2 N–H and O–H groups in total. The topological polar surface area (TPSA) is 61.0 Å². The molecule has 0 amide bonds. The van der Waals surface area contributed by atoms with Gasteiger partial charge in [-0.3, -0.25) is 0 Å². The number of hydrogen-bond donors (Lipinski definition) is 1. The lowest BCUT2D eigenvalue weighted by molar-refractivity contribution is 0.237. The Kier molecular flexibility index (Phi) is 6.78. The van der Waals surface area contributed by atoms with Crippen LogP contribution in [0.5, 0.6) is 5.88 Å². The van der Waals surface area contributed by atoms with Crippen molar-refractivity contribution in [3.63, 3.8) is 0 Å². The monoisotopic (exact) mass is 265 g/mol. The zero-order valence-electron chi connectivity index (χ0n) is 12.7. The highest BCUT2D eigenvalue weighted by molar-refractivity contribution is 5.36. The van der Waals surface area contributed by atoms with Crippen LogP contribution in [0.3, 0.4) is 0 Å². The average molecular weight is 265 g/mol. The molecule has 0 bridgehead atoms. The minimum absolute atomic E-state index is 0.461. The van der Waals surface area contributed by atoms with Gasteiger partial charge in [0.25, 0.3) is 0 Å². The predicted octanol–water partition coefficient (Wildman–Crippen LogP) is 2.88. The lowest BCUT2D eigenvalue weighted by atomic mass is 10.0. The second-order valence-electron chi connectivity index (χ2n) is 5.03. The summed E-state index contributed by atoms with van der Waals surface area (Å²) in [4.78, 5) is 0. The minimum atomic E-state index is 0.461. The van der Waals surface area contributed by atoms with E-state index in [0.717, 1.165) is 24.1 Å². The van der Waals surface area contributed by atoms with Crippen LogP contribution in [0.25, 0.3) is 0 Å². The standard InChI is InChI=1S/C15H27N3O/c1-5-8-11(4)10-19-15-13(9-16)12(6-2)14(7-3)17-18-15/h11H,5-10,16H2,1-4H3. The summed E-state index contributed by atoms with van der Waals surface area (Å²) in [6.45, 7) is 9.74. The SMILES string of the molecule is CCCC(C)COc1nnc(CC)c(CC)c1CN. The third kappa shape index (κ3) is 4.16. The van der Waals surface area contributed by atoms with E-state index < -0.39 is 0 Å². The molecule has 0 aromatic carbocycles. The van der Waals surface area contributed by atoms with Gasteiger partial charge in [-0.2, -0.15) is 5.10 Å². The fraction of sp³-hybridized carbons (Fsp3) is 0.733. The summed E-state index contributed by atoms with van der Waals surface area (Å²) >= 11 is 0. The first-order valence-corrected chi connectivity index (χ1v) is 7.37. The van der Waals surface area contributed by atoms with Crippen LogP contribution < -0.4 is 10.5 Å². The number of aromatic nitrogens is 2. The molecule has 1 aromatic rings. The van der Waals surface area contributed by atoms with Crippen LogP contribution in [-0.2, 0) is 19.4 Å². The number of hydrogen-bond acceptors (Lipinski definition) is 4. The molecule has 19 heavy (non-hydrogen) atoms. The number of aryl methyl sites for hydroxylation is 1. The molecule has 0 saturated carbocycles. The van der Waals surface area contributed by atoms with Crippen molar-refractivity contribution in [2.24, 2.45) is 11.7 Å². The first kappa shape index (κ1) is 15.9. The largest absolute Gasteiger partial charge is 0.476 e. The molecule has 4 nitrogen and oxygen atoms in total. The third-order valence-corrected chi connectivity index (χ3v) is 3.41. The van der Waals surface area contributed by atoms with Crippen LogP contribution >= 0.6 is 0 Å². The van der Waals surface area contributed by atoms with Crippen LogP contribution in [-0.4, -0.2) is 16.8 Å². The quantitative estimate of drug-likeness (QED) is 0.785. The second kappa shape index (κ2) is 8.10. The Morgan fingerprint density at radius 2 is 1.84 bits per heavy atom. The summed E-state index contributed by atoms with van der Waals surface area (Å²) in [5.41, 5.74) is 9.14. The highest BCUT2D eigenvalue weighted by Gasteiger charge is 2.15. The summed E-state index contributed by atoms with van der Waals surface area (Å²) in [5, 5.41) is 8.48. The van der Waals surface area contributed by atoms with Crippen LogP contribution in [0.4, 0.5) is 0 Å². The lowest BCUT2D eigenvalue weighted by Crippen LogP contribution is -2.15. The van der Waals surface area contributed by atoms with Crippen molar-refractivity contribution in [1.29, 1.82) is 0 Å². The number of ether oxygens (including phenoxy) is 1. The summed E-state index contributed by atoms with van der Waals surface area (Å²) < 4.78 is 5.83. The molecule has 1 rings (SSSR count). The van der Waals surface area contributed by atoms with Gasteiger partial charge in [-0.25, -0.2) is 0 Å². The highest BCUT2D eigenvalue weighted by atomic mass is 16.5. The fourth-order valence-corrected chi connectivity index (χ4v) is 2.36. The minimum Gasteiger partial charge on any atom is -0.476 e. The molecule has 1 unspecified atom stereocenters. The maximum atomic E-state index is 5.87. The van der Waals surface area contributed by atoms with Crippen molar-refractivity contribution in [2.75, 3.05) is 6.61 Å². The second-order valence-corrected chi connectivity index (χ2v) is 5.03. The van der Waals surface area contributed by atoms with E-state index in [2.05, 4.69) is 37.9 Å². The van der Waals surface area contributed by atoms with E-state index in [-0.39, 0.29) is 0 Å². The summed E-state index contributed by atoms with van der Waals surface area (Å²) in [5.74, 6) is 1.16. The lowest BCUT2D eigenvalue weighted by Gasteiger charge is -2.16. The molecule has 0 spiro atoms. The van der Waals surface area contributed by atoms with Gasteiger partial charge in [0.1, 0.15) is 0 Å². The van der Waals surface area contributed by atoms with E-state index in [9.17, 15) is 0 Å². The third-order valence-electron chi connectivity index (χ3n) is 3.41. The molecular formula is C15H27N3O. The molecule has 0 aliphatic heterocycles. The smallest absolute Gasteiger partial charge is 0.238 e. The molecule has 1 aromatic heterocycles. The Bertz CT molecular complexity index is 393. The van der Waals surface area contributed by atoms with E-state index >= 15 is 0 Å². The van der Waals surface area contributed by atoms with Crippen molar-refractivity contribution in [1.82, 2.24) is 10.2 Å². The Morgan fingerprint density at radius 1 is 1.11 bits per heavy atom. The van der Waals surface area contributed by atoms with E-state index in [0.29, 0.717) is 24.9 Å². The van der Waals surface area contributed by atoms with Gasteiger partial charge < -0.3 is 10.5 Å². The van der Waals surface area contributed by atoms with Gasteiger partial charge in [0.15, 0.2) is 0 Å². The summed E-state index contributed by atoms with van der Waals surface area (Å²) in [6.07, 6.45) is 4.15. The molecule has 0 aliphatic carbocycles. The molecule has 108 valence electrons. The number of nitrogens with zero attached hydrogens (tertiary/aromatic N) is 2. The average Bonchev–Trinajstić information content (AvgIpc) is 2.43. The first-order valence-electron chi connectivity index (χ1n) is 7.37. The van der Waals surface area contributed by atoms with Crippen LogP contribution in [0, 0.1) is 5.92 Å². The molecule has 1 atom stereocenters. The zero-order chi connectivity index (χ0) is 14.3. The number of rotatable bonds is 8. The molecular weight excluding hydrogens is 238 g/mol. The zero-order valence-corrected chi connectivity index (χ0v) is 12.7. The Morgan fingerprint density at radius 3 is 2.37 bits per heavy atom. The van der Waals surface area contributed by atoms with Crippen molar-refractivity contribution >= 4 is 0 Å². The summed E-state index contributed by atoms with van der Waals surface area (Å²) in [7, 11) is 0. The predicted molar refractivity (Wildman–Crippen MR) is 78.2 cm³/mol. The summed E-state index contributed by atoms with van der Waals surface area (Å²) in [6, 6.07) is 0. The van der Waals surface area contributed by atoms with E-state index in [1.165, 1.54) is 18.4 Å². The van der Waals surface area contributed by atoms with Gasteiger partial charge in [0.2, 0.25) is 5.88 Å².